The third-order valence-corrected chi connectivity index (χ3v) is 3.00. The molecule has 0 aromatic carbocycles. The van der Waals surface area contributed by atoms with Crippen LogP contribution < -0.4 is 5.73 Å². The van der Waals surface area contributed by atoms with Crippen molar-refractivity contribution < 1.29 is 5.11 Å². The van der Waals surface area contributed by atoms with E-state index in [1.165, 1.54) is 0 Å². The zero-order valence-electron chi connectivity index (χ0n) is 10.6. The molecule has 2 aromatic rings. The van der Waals surface area contributed by atoms with Crippen molar-refractivity contribution in [1.29, 1.82) is 0 Å². The fraction of sp³-hybridized carbons (Fsp3) is 0.286. The Morgan fingerprint density at radius 3 is 2.83 bits per heavy atom. The molecule has 0 fully saturated rings. The van der Waals surface area contributed by atoms with Gasteiger partial charge in [0.05, 0.1) is 0 Å². The molecule has 2 heterocycles. The molecule has 0 saturated heterocycles. The van der Waals surface area contributed by atoms with Crippen LogP contribution in [-0.4, -0.2) is 15.1 Å². The molecular weight excluding hydrogens is 226 g/mol. The Balaban J connectivity index is 2.47. The van der Waals surface area contributed by atoms with Crippen LogP contribution in [0.5, 0.6) is 0 Å². The zero-order chi connectivity index (χ0) is 13.1. The fourth-order valence-corrected chi connectivity index (χ4v) is 1.99. The number of aromatic nitrogens is 2. The molecule has 0 bridgehead atoms. The zero-order valence-corrected chi connectivity index (χ0v) is 10.6. The molecule has 0 aliphatic carbocycles. The second-order valence-corrected chi connectivity index (χ2v) is 4.32. The Labute approximate surface area is 107 Å². The Hall–Kier alpha value is -1.94. The van der Waals surface area contributed by atoms with E-state index in [-0.39, 0.29) is 0 Å². The molecule has 0 radical (unpaired) electrons. The normalized spacial score (nSPS) is 12.4. The Morgan fingerprint density at radius 1 is 1.33 bits per heavy atom. The number of hydrogen-bond donors (Lipinski definition) is 2. The average Bonchev–Trinajstić information content (AvgIpc) is 2.40. The summed E-state index contributed by atoms with van der Waals surface area (Å²) in [5.41, 5.74) is 9.32. The number of nitrogens with zero attached hydrogens (tertiary/aromatic N) is 2. The molecule has 1 atom stereocenters. The van der Waals surface area contributed by atoms with Gasteiger partial charge in [-0.25, -0.2) is 4.98 Å². The van der Waals surface area contributed by atoms with Crippen molar-refractivity contribution in [3.63, 3.8) is 0 Å². The minimum Gasteiger partial charge on any atom is -0.384 e. The van der Waals surface area contributed by atoms with E-state index in [4.69, 9.17) is 5.73 Å². The van der Waals surface area contributed by atoms with Crippen LogP contribution in [0.25, 0.3) is 0 Å². The van der Waals surface area contributed by atoms with E-state index in [1.54, 1.807) is 18.6 Å². The molecule has 3 N–H and O–H groups in total. The van der Waals surface area contributed by atoms with Crippen molar-refractivity contribution in [3.05, 3.63) is 53.0 Å². The summed E-state index contributed by atoms with van der Waals surface area (Å²) in [4.78, 5) is 8.16. The van der Waals surface area contributed by atoms with Gasteiger partial charge in [-0.3, -0.25) is 4.98 Å². The van der Waals surface area contributed by atoms with Crippen molar-refractivity contribution >= 4 is 5.82 Å². The number of aliphatic hydroxyl groups excluding tert-OH is 1. The van der Waals surface area contributed by atoms with Crippen molar-refractivity contribution in [2.75, 3.05) is 5.73 Å². The van der Waals surface area contributed by atoms with Crippen LogP contribution in [0, 0.1) is 6.92 Å². The summed E-state index contributed by atoms with van der Waals surface area (Å²) < 4.78 is 0. The first-order chi connectivity index (χ1) is 8.63. The van der Waals surface area contributed by atoms with Gasteiger partial charge in [0.25, 0.3) is 0 Å². The van der Waals surface area contributed by atoms with Gasteiger partial charge >= 0.3 is 0 Å². The number of hydrogen-bond acceptors (Lipinski definition) is 4. The molecule has 0 saturated carbocycles. The van der Waals surface area contributed by atoms with E-state index in [0.29, 0.717) is 11.4 Å². The maximum atomic E-state index is 10.5. The van der Waals surface area contributed by atoms with Crippen LogP contribution in [0.15, 0.2) is 30.7 Å². The molecule has 0 amide bonds. The van der Waals surface area contributed by atoms with E-state index < -0.39 is 6.10 Å². The highest BCUT2D eigenvalue weighted by Crippen LogP contribution is 2.28. The fourth-order valence-electron chi connectivity index (χ4n) is 1.99. The maximum absolute atomic E-state index is 10.5. The number of pyridine rings is 2. The molecule has 4 heteroatoms. The first kappa shape index (κ1) is 12.5. The van der Waals surface area contributed by atoms with E-state index in [0.717, 1.165) is 23.1 Å². The van der Waals surface area contributed by atoms with Crippen LogP contribution in [0.2, 0.25) is 0 Å². The molecule has 2 aromatic heterocycles. The molecular formula is C14H17N3O. The van der Waals surface area contributed by atoms with Crippen LogP contribution in [0.1, 0.15) is 35.3 Å². The molecule has 0 spiro atoms. The summed E-state index contributed by atoms with van der Waals surface area (Å²) in [6.45, 7) is 3.96. The van der Waals surface area contributed by atoms with Gasteiger partial charge < -0.3 is 10.8 Å². The second kappa shape index (κ2) is 5.14. The summed E-state index contributed by atoms with van der Waals surface area (Å²) in [7, 11) is 0. The first-order valence-electron chi connectivity index (χ1n) is 5.96. The predicted molar refractivity (Wildman–Crippen MR) is 71.1 cm³/mol. The summed E-state index contributed by atoms with van der Waals surface area (Å²) >= 11 is 0. The van der Waals surface area contributed by atoms with Gasteiger partial charge in [-0.1, -0.05) is 6.92 Å². The van der Waals surface area contributed by atoms with Gasteiger partial charge in [0.1, 0.15) is 11.9 Å². The summed E-state index contributed by atoms with van der Waals surface area (Å²) in [5, 5.41) is 10.5. The van der Waals surface area contributed by atoms with Gasteiger partial charge in [0.2, 0.25) is 0 Å². The SMILES string of the molecule is CCc1cnccc1C(O)c1cc(C)cnc1N. The molecule has 0 aliphatic heterocycles. The number of aliphatic hydroxyl groups is 1. The molecule has 4 nitrogen and oxygen atoms in total. The lowest BCUT2D eigenvalue weighted by atomic mass is 9.97. The van der Waals surface area contributed by atoms with Crippen LogP contribution in [0.4, 0.5) is 5.82 Å². The van der Waals surface area contributed by atoms with Crippen LogP contribution in [0.3, 0.4) is 0 Å². The van der Waals surface area contributed by atoms with Gasteiger partial charge in [-0.15, -0.1) is 0 Å². The molecule has 18 heavy (non-hydrogen) atoms. The van der Waals surface area contributed by atoms with Crippen molar-refractivity contribution in [1.82, 2.24) is 9.97 Å². The van der Waals surface area contributed by atoms with E-state index >= 15 is 0 Å². The van der Waals surface area contributed by atoms with E-state index in [1.807, 2.05) is 26.0 Å². The minimum absolute atomic E-state index is 0.368. The van der Waals surface area contributed by atoms with E-state index in [9.17, 15) is 5.11 Å². The lowest BCUT2D eigenvalue weighted by Gasteiger charge is -2.16. The Morgan fingerprint density at radius 2 is 2.11 bits per heavy atom. The van der Waals surface area contributed by atoms with Gasteiger partial charge in [-0.05, 0) is 42.2 Å². The van der Waals surface area contributed by atoms with Gasteiger partial charge in [0, 0.05) is 24.2 Å². The highest BCUT2D eigenvalue weighted by atomic mass is 16.3. The third-order valence-electron chi connectivity index (χ3n) is 3.00. The molecule has 94 valence electrons. The van der Waals surface area contributed by atoms with Crippen LogP contribution in [-0.2, 0) is 6.42 Å². The lowest BCUT2D eigenvalue weighted by Crippen LogP contribution is -2.08. The quantitative estimate of drug-likeness (QED) is 0.865. The van der Waals surface area contributed by atoms with E-state index in [2.05, 4.69) is 9.97 Å². The summed E-state index contributed by atoms with van der Waals surface area (Å²) in [6, 6.07) is 3.69. The standard InChI is InChI=1S/C14H17N3O/c1-3-10-8-16-5-4-11(10)13(18)12-6-9(2)7-17-14(12)15/h4-8,13,18H,3H2,1-2H3,(H2,15,17). The second-order valence-electron chi connectivity index (χ2n) is 4.32. The number of nitrogen functional groups attached to an aromatic ring is 1. The highest BCUT2D eigenvalue weighted by Gasteiger charge is 2.17. The smallest absolute Gasteiger partial charge is 0.129 e. The minimum atomic E-state index is -0.754. The maximum Gasteiger partial charge on any atom is 0.129 e. The molecule has 0 aliphatic rings. The lowest BCUT2D eigenvalue weighted by molar-refractivity contribution is 0.219. The summed E-state index contributed by atoms with van der Waals surface area (Å²) in [5.74, 6) is 0.368. The highest BCUT2D eigenvalue weighted by molar-refractivity contribution is 5.47. The van der Waals surface area contributed by atoms with Crippen molar-refractivity contribution in [3.8, 4) is 0 Å². The topological polar surface area (TPSA) is 72.0 Å². The van der Waals surface area contributed by atoms with Gasteiger partial charge in [0.15, 0.2) is 0 Å². The number of aryl methyl sites for hydroxylation is 2. The monoisotopic (exact) mass is 243 g/mol. The number of nitrogens with two attached hydrogens (primary N) is 1. The number of rotatable bonds is 3. The Kier molecular flexibility index (Phi) is 3.58. The third kappa shape index (κ3) is 2.33. The Bertz CT molecular complexity index is 554. The number of anilines is 1. The van der Waals surface area contributed by atoms with Crippen LogP contribution >= 0.6 is 0 Å². The van der Waals surface area contributed by atoms with Crippen molar-refractivity contribution in [2.24, 2.45) is 0 Å². The largest absolute Gasteiger partial charge is 0.384 e. The van der Waals surface area contributed by atoms with Crippen molar-refractivity contribution in [2.45, 2.75) is 26.4 Å². The first-order valence-corrected chi connectivity index (χ1v) is 5.96. The molecule has 2 rings (SSSR count). The predicted octanol–water partition coefficient (Wildman–Crippen LogP) is 2.01. The summed E-state index contributed by atoms with van der Waals surface area (Å²) in [6.07, 6.45) is 5.21. The molecule has 1 unspecified atom stereocenters. The average molecular weight is 243 g/mol. The van der Waals surface area contributed by atoms with Gasteiger partial charge in [-0.2, -0.15) is 0 Å².